The summed E-state index contributed by atoms with van der Waals surface area (Å²) >= 11 is 3.25. The van der Waals surface area contributed by atoms with Crippen molar-refractivity contribution in [2.24, 2.45) is 0 Å². The highest BCUT2D eigenvalue weighted by molar-refractivity contribution is 9.10. The zero-order valence-electron chi connectivity index (χ0n) is 10.0. The van der Waals surface area contributed by atoms with Gasteiger partial charge in [-0.15, -0.1) is 0 Å². The third kappa shape index (κ3) is 3.94. The molecule has 2 aromatic rings. The van der Waals surface area contributed by atoms with Gasteiger partial charge in [0.1, 0.15) is 18.2 Å². The average Bonchev–Trinajstić information content (AvgIpc) is 2.39. The smallest absolute Gasteiger partial charge is 0.261 e. The summed E-state index contributed by atoms with van der Waals surface area (Å²) in [5.74, 6) is 0.0570. The Kier molecular flexibility index (Phi) is 4.67. The Morgan fingerprint density at radius 2 is 1.80 bits per heavy atom. The molecule has 2 rings (SSSR count). The van der Waals surface area contributed by atoms with Crippen LogP contribution in [0.2, 0.25) is 0 Å². The average molecular weight is 380 g/mol. The molecule has 0 aromatic heterocycles. The standard InChI is InChI=1S/C13H9BrClFO3S/c14-10-1-6-13(16)9(7-10)8-19-11-2-4-12(5-3-11)20(15,17)18/h1-7H,8H2. The summed E-state index contributed by atoms with van der Waals surface area (Å²) in [4.78, 5) is -0.0137. The minimum atomic E-state index is -3.75. The molecule has 2 aromatic carbocycles. The van der Waals surface area contributed by atoms with Crippen LogP contribution >= 0.6 is 26.6 Å². The highest BCUT2D eigenvalue weighted by Crippen LogP contribution is 2.21. The van der Waals surface area contributed by atoms with Crippen molar-refractivity contribution in [3.63, 3.8) is 0 Å². The number of ether oxygens (including phenoxy) is 1. The van der Waals surface area contributed by atoms with E-state index in [0.29, 0.717) is 11.3 Å². The summed E-state index contributed by atoms with van der Waals surface area (Å²) < 4.78 is 41.8. The molecular formula is C13H9BrClFO3S. The zero-order chi connectivity index (χ0) is 14.8. The minimum absolute atomic E-state index is 0.0137. The van der Waals surface area contributed by atoms with Gasteiger partial charge < -0.3 is 4.74 Å². The molecule has 0 atom stereocenters. The summed E-state index contributed by atoms with van der Waals surface area (Å²) in [5.41, 5.74) is 0.397. The molecule has 20 heavy (non-hydrogen) atoms. The minimum Gasteiger partial charge on any atom is -0.489 e. The largest absolute Gasteiger partial charge is 0.489 e. The fourth-order valence-corrected chi connectivity index (χ4v) is 2.69. The lowest BCUT2D eigenvalue weighted by molar-refractivity contribution is 0.299. The van der Waals surface area contributed by atoms with E-state index in [4.69, 9.17) is 15.4 Å². The molecule has 0 heterocycles. The molecule has 0 N–H and O–H groups in total. The molecule has 0 aliphatic heterocycles. The van der Waals surface area contributed by atoms with E-state index in [1.165, 1.54) is 30.3 Å². The molecule has 7 heteroatoms. The van der Waals surface area contributed by atoms with Gasteiger partial charge in [-0.25, -0.2) is 12.8 Å². The van der Waals surface area contributed by atoms with Crippen LogP contribution in [-0.4, -0.2) is 8.42 Å². The Bertz CT molecular complexity index is 717. The van der Waals surface area contributed by atoms with Gasteiger partial charge in [0.2, 0.25) is 0 Å². The van der Waals surface area contributed by atoms with E-state index in [0.717, 1.165) is 4.47 Å². The highest BCUT2D eigenvalue weighted by atomic mass is 79.9. The van der Waals surface area contributed by atoms with Gasteiger partial charge in [-0.2, -0.15) is 0 Å². The maximum atomic E-state index is 13.5. The van der Waals surface area contributed by atoms with Crippen LogP contribution in [0.5, 0.6) is 5.75 Å². The molecule has 0 aliphatic carbocycles. The molecule has 0 amide bonds. The number of rotatable bonds is 4. The summed E-state index contributed by atoms with van der Waals surface area (Å²) in [6, 6.07) is 10.1. The van der Waals surface area contributed by atoms with Crippen LogP contribution in [0.1, 0.15) is 5.56 Å². The van der Waals surface area contributed by atoms with Crippen molar-refractivity contribution < 1.29 is 17.5 Å². The van der Waals surface area contributed by atoms with Gasteiger partial charge in [0.05, 0.1) is 4.90 Å². The van der Waals surface area contributed by atoms with Gasteiger partial charge in [-0.05, 0) is 42.5 Å². The SMILES string of the molecule is O=S(=O)(Cl)c1ccc(OCc2cc(Br)ccc2F)cc1. The second kappa shape index (κ2) is 6.11. The van der Waals surface area contributed by atoms with Gasteiger partial charge >= 0.3 is 0 Å². The van der Waals surface area contributed by atoms with E-state index in [9.17, 15) is 12.8 Å². The maximum Gasteiger partial charge on any atom is 0.261 e. The predicted molar refractivity (Wildman–Crippen MR) is 77.9 cm³/mol. The van der Waals surface area contributed by atoms with Crippen LogP contribution in [0.25, 0.3) is 0 Å². The van der Waals surface area contributed by atoms with Crippen molar-refractivity contribution >= 4 is 35.7 Å². The normalized spacial score (nSPS) is 11.3. The van der Waals surface area contributed by atoms with E-state index in [1.54, 1.807) is 12.1 Å². The molecule has 0 fully saturated rings. The molecule has 0 radical (unpaired) electrons. The highest BCUT2D eigenvalue weighted by Gasteiger charge is 2.09. The Morgan fingerprint density at radius 1 is 1.15 bits per heavy atom. The van der Waals surface area contributed by atoms with Crippen molar-refractivity contribution in [3.05, 3.63) is 58.3 Å². The third-order valence-electron chi connectivity index (χ3n) is 2.51. The lowest BCUT2D eigenvalue weighted by Crippen LogP contribution is -1.99. The first-order valence-corrected chi connectivity index (χ1v) is 8.58. The third-order valence-corrected chi connectivity index (χ3v) is 4.37. The zero-order valence-corrected chi connectivity index (χ0v) is 13.2. The predicted octanol–water partition coefficient (Wildman–Crippen LogP) is 4.09. The van der Waals surface area contributed by atoms with Gasteiger partial charge in [-0.3, -0.25) is 0 Å². The molecule has 3 nitrogen and oxygen atoms in total. The quantitative estimate of drug-likeness (QED) is 0.751. The summed E-state index contributed by atoms with van der Waals surface area (Å²) in [5, 5.41) is 0. The number of hydrogen-bond acceptors (Lipinski definition) is 3. The van der Waals surface area contributed by atoms with Crippen molar-refractivity contribution in [2.75, 3.05) is 0 Å². The molecule has 0 saturated carbocycles. The summed E-state index contributed by atoms with van der Waals surface area (Å²) in [7, 11) is 1.45. The van der Waals surface area contributed by atoms with E-state index < -0.39 is 9.05 Å². The fourth-order valence-electron chi connectivity index (χ4n) is 1.51. The van der Waals surface area contributed by atoms with Crippen LogP contribution in [0.4, 0.5) is 4.39 Å². The second-order valence-electron chi connectivity index (χ2n) is 3.93. The first-order valence-electron chi connectivity index (χ1n) is 5.48. The molecular weight excluding hydrogens is 371 g/mol. The number of benzene rings is 2. The van der Waals surface area contributed by atoms with Crippen molar-refractivity contribution in [3.8, 4) is 5.75 Å². The van der Waals surface area contributed by atoms with Gasteiger partial charge in [0.15, 0.2) is 0 Å². The molecule has 0 unspecified atom stereocenters. The van der Waals surface area contributed by atoms with Gasteiger partial charge in [-0.1, -0.05) is 15.9 Å². The lowest BCUT2D eigenvalue weighted by atomic mass is 10.2. The van der Waals surface area contributed by atoms with E-state index in [-0.39, 0.29) is 17.3 Å². The van der Waals surface area contributed by atoms with Crippen LogP contribution in [-0.2, 0) is 15.7 Å². The Labute approximate surface area is 128 Å². The van der Waals surface area contributed by atoms with Crippen LogP contribution in [0.3, 0.4) is 0 Å². The second-order valence-corrected chi connectivity index (χ2v) is 7.42. The van der Waals surface area contributed by atoms with E-state index in [2.05, 4.69) is 15.9 Å². The monoisotopic (exact) mass is 378 g/mol. The van der Waals surface area contributed by atoms with Crippen LogP contribution < -0.4 is 4.74 Å². The lowest BCUT2D eigenvalue weighted by Gasteiger charge is -2.08. The first kappa shape index (κ1) is 15.3. The Morgan fingerprint density at radius 3 is 2.40 bits per heavy atom. The van der Waals surface area contributed by atoms with E-state index in [1.807, 2.05) is 0 Å². The number of halogens is 3. The first-order chi connectivity index (χ1) is 9.36. The summed E-state index contributed by atoms with van der Waals surface area (Å²) in [6.45, 7) is 0.0399. The van der Waals surface area contributed by atoms with Crippen molar-refractivity contribution in [2.45, 2.75) is 11.5 Å². The Hall–Kier alpha value is -1.11. The van der Waals surface area contributed by atoms with Crippen molar-refractivity contribution in [1.29, 1.82) is 0 Å². The van der Waals surface area contributed by atoms with Crippen LogP contribution in [0, 0.1) is 5.82 Å². The van der Waals surface area contributed by atoms with Crippen LogP contribution in [0.15, 0.2) is 51.8 Å². The topological polar surface area (TPSA) is 43.4 Å². The van der Waals surface area contributed by atoms with Gasteiger partial charge in [0.25, 0.3) is 9.05 Å². The van der Waals surface area contributed by atoms with Gasteiger partial charge in [0, 0.05) is 20.7 Å². The molecule has 106 valence electrons. The summed E-state index contributed by atoms with van der Waals surface area (Å²) in [6.07, 6.45) is 0. The Balaban J connectivity index is 2.10. The van der Waals surface area contributed by atoms with E-state index >= 15 is 0 Å². The van der Waals surface area contributed by atoms with Crippen molar-refractivity contribution in [1.82, 2.24) is 0 Å². The molecule has 0 spiro atoms. The fraction of sp³-hybridized carbons (Fsp3) is 0.0769. The number of hydrogen-bond donors (Lipinski definition) is 0. The molecule has 0 saturated heterocycles. The molecule has 0 bridgehead atoms. The maximum absolute atomic E-state index is 13.5. The molecule has 0 aliphatic rings.